The van der Waals surface area contributed by atoms with Gasteiger partial charge in [-0.25, -0.2) is 8.42 Å². The van der Waals surface area contributed by atoms with Crippen LogP contribution in [0.15, 0.2) is 47.4 Å². The van der Waals surface area contributed by atoms with E-state index in [0.717, 1.165) is 16.3 Å². The summed E-state index contributed by atoms with van der Waals surface area (Å²) >= 11 is 0. The first-order valence-corrected chi connectivity index (χ1v) is 11.2. The van der Waals surface area contributed by atoms with Crippen LogP contribution in [0.2, 0.25) is 0 Å². The van der Waals surface area contributed by atoms with Crippen LogP contribution in [-0.2, 0) is 14.8 Å². The summed E-state index contributed by atoms with van der Waals surface area (Å²) in [6.07, 6.45) is 0. The van der Waals surface area contributed by atoms with Crippen molar-refractivity contribution in [3.63, 3.8) is 0 Å². The number of aromatic nitrogens is 4. The minimum atomic E-state index is -3.62. The predicted molar refractivity (Wildman–Crippen MR) is 113 cm³/mol. The van der Waals surface area contributed by atoms with E-state index in [1.165, 1.54) is 4.31 Å². The van der Waals surface area contributed by atoms with Crippen LogP contribution in [0.25, 0.3) is 27.7 Å². The molecule has 5 rings (SSSR count). The monoisotopic (exact) mass is 423 g/mol. The van der Waals surface area contributed by atoms with Gasteiger partial charge in [0.25, 0.3) is 0 Å². The molecule has 3 heterocycles. The molecule has 9 heteroatoms. The second-order valence-electron chi connectivity index (χ2n) is 7.37. The molecule has 2 aromatic heterocycles. The summed E-state index contributed by atoms with van der Waals surface area (Å²) < 4.78 is 35.1. The number of benzene rings is 2. The van der Waals surface area contributed by atoms with Crippen LogP contribution in [0.5, 0.6) is 0 Å². The normalized spacial score (nSPS) is 15.8. The Morgan fingerprint density at radius 1 is 0.967 bits per heavy atom. The minimum Gasteiger partial charge on any atom is -0.379 e. The Balaban J connectivity index is 1.73. The van der Waals surface area contributed by atoms with Crippen molar-refractivity contribution in [2.24, 2.45) is 0 Å². The summed E-state index contributed by atoms with van der Waals surface area (Å²) in [6, 6.07) is 13.3. The first-order chi connectivity index (χ1) is 14.5. The third kappa shape index (κ3) is 2.97. The van der Waals surface area contributed by atoms with Crippen molar-refractivity contribution < 1.29 is 13.2 Å². The number of ether oxygens (including phenoxy) is 1. The molecule has 0 saturated carbocycles. The molecule has 154 valence electrons. The number of hydrogen-bond acceptors (Lipinski definition) is 6. The number of rotatable bonds is 3. The third-order valence-electron chi connectivity index (χ3n) is 5.47. The first-order valence-electron chi connectivity index (χ1n) is 9.76. The zero-order valence-electron chi connectivity index (χ0n) is 16.7. The van der Waals surface area contributed by atoms with Crippen LogP contribution < -0.4 is 0 Å². The summed E-state index contributed by atoms with van der Waals surface area (Å²) in [6.45, 7) is 5.20. The third-order valence-corrected chi connectivity index (χ3v) is 7.51. The molecule has 0 unspecified atom stereocenters. The summed E-state index contributed by atoms with van der Waals surface area (Å²) in [7, 11) is -3.62. The largest absolute Gasteiger partial charge is 0.379 e. The molecule has 0 aliphatic carbocycles. The molecule has 30 heavy (non-hydrogen) atoms. The molecule has 0 atom stereocenters. The molecule has 1 saturated heterocycles. The molecular weight excluding hydrogens is 402 g/mol. The highest BCUT2D eigenvalue weighted by Gasteiger charge is 2.28. The number of hydrogen-bond donors (Lipinski definition) is 0. The molecule has 0 radical (unpaired) electrons. The van der Waals surface area contributed by atoms with Gasteiger partial charge in [0.15, 0.2) is 11.5 Å². The zero-order chi connectivity index (χ0) is 20.9. The Bertz CT molecular complexity index is 1370. The fraction of sp³-hybridized carbons (Fsp3) is 0.286. The standard InChI is InChI=1S/C21H21N5O3S/c1-14-7-8-16(13-19(14)30(27,28)25-9-11-29-12-10-25)20-17-5-3-4-6-18(17)21-23-22-15(2)26(21)24-20/h3-8,13H,9-12H2,1-2H3. The van der Waals surface area contributed by atoms with E-state index < -0.39 is 10.0 Å². The minimum absolute atomic E-state index is 0.299. The van der Waals surface area contributed by atoms with Gasteiger partial charge in [0.1, 0.15) is 0 Å². The number of aryl methyl sites for hydroxylation is 2. The summed E-state index contributed by atoms with van der Waals surface area (Å²) in [5.74, 6) is 0.672. The van der Waals surface area contributed by atoms with Crippen molar-refractivity contribution in [1.82, 2.24) is 24.1 Å². The van der Waals surface area contributed by atoms with Gasteiger partial charge in [0, 0.05) is 29.4 Å². The van der Waals surface area contributed by atoms with Crippen molar-refractivity contribution in [3.05, 3.63) is 53.9 Å². The maximum absolute atomic E-state index is 13.3. The van der Waals surface area contributed by atoms with Crippen LogP contribution in [0.3, 0.4) is 0 Å². The first kappa shape index (κ1) is 19.1. The van der Waals surface area contributed by atoms with E-state index in [-0.39, 0.29) is 0 Å². The molecular formula is C21H21N5O3S. The van der Waals surface area contributed by atoms with Crippen LogP contribution in [0.4, 0.5) is 0 Å². The van der Waals surface area contributed by atoms with E-state index in [2.05, 4.69) is 10.2 Å². The topological polar surface area (TPSA) is 89.7 Å². The zero-order valence-corrected chi connectivity index (χ0v) is 17.6. The predicted octanol–water partition coefficient (Wildman–Crippen LogP) is 2.58. The van der Waals surface area contributed by atoms with Crippen LogP contribution in [0.1, 0.15) is 11.4 Å². The van der Waals surface area contributed by atoms with Gasteiger partial charge in [-0.2, -0.15) is 13.9 Å². The molecule has 4 aromatic rings. The van der Waals surface area contributed by atoms with Gasteiger partial charge < -0.3 is 4.74 Å². The Labute approximate surface area is 174 Å². The van der Waals surface area contributed by atoms with Gasteiger partial charge >= 0.3 is 0 Å². The van der Waals surface area contributed by atoms with E-state index in [0.29, 0.717) is 53.9 Å². The van der Waals surface area contributed by atoms with Crippen LogP contribution in [0, 0.1) is 13.8 Å². The maximum atomic E-state index is 13.3. The highest BCUT2D eigenvalue weighted by Crippen LogP contribution is 2.32. The van der Waals surface area contributed by atoms with Crippen molar-refractivity contribution in [2.45, 2.75) is 18.7 Å². The quantitative estimate of drug-likeness (QED) is 0.503. The van der Waals surface area contributed by atoms with E-state index >= 15 is 0 Å². The van der Waals surface area contributed by atoms with Gasteiger partial charge in [-0.3, -0.25) is 0 Å². The summed E-state index contributed by atoms with van der Waals surface area (Å²) in [5, 5.41) is 15.0. The van der Waals surface area contributed by atoms with Crippen LogP contribution >= 0.6 is 0 Å². The number of fused-ring (bicyclic) bond motifs is 3. The van der Waals surface area contributed by atoms with E-state index in [4.69, 9.17) is 9.84 Å². The lowest BCUT2D eigenvalue weighted by Gasteiger charge is -2.26. The Morgan fingerprint density at radius 2 is 1.70 bits per heavy atom. The van der Waals surface area contributed by atoms with Crippen molar-refractivity contribution in [1.29, 1.82) is 0 Å². The smallest absolute Gasteiger partial charge is 0.243 e. The SMILES string of the molecule is Cc1ccc(-c2nn3c(C)nnc3c3ccccc23)cc1S(=O)(=O)N1CCOCC1. The Hall–Kier alpha value is -2.88. The molecule has 1 aliphatic heterocycles. The molecule has 1 fully saturated rings. The number of nitrogens with zero attached hydrogens (tertiary/aromatic N) is 5. The van der Waals surface area contributed by atoms with Gasteiger partial charge in [0.2, 0.25) is 10.0 Å². The number of morpholine rings is 1. The molecule has 2 aromatic carbocycles. The fourth-order valence-corrected chi connectivity index (χ4v) is 5.51. The van der Waals surface area contributed by atoms with E-state index in [1.54, 1.807) is 10.6 Å². The average molecular weight is 423 g/mol. The lowest BCUT2D eigenvalue weighted by molar-refractivity contribution is 0.0730. The van der Waals surface area contributed by atoms with Gasteiger partial charge in [-0.05, 0) is 25.5 Å². The van der Waals surface area contributed by atoms with E-state index in [9.17, 15) is 8.42 Å². The number of sulfonamides is 1. The van der Waals surface area contributed by atoms with Crippen molar-refractivity contribution in [3.8, 4) is 11.3 Å². The van der Waals surface area contributed by atoms with Gasteiger partial charge in [-0.15, -0.1) is 10.2 Å². The summed E-state index contributed by atoms with van der Waals surface area (Å²) in [5.41, 5.74) is 2.81. The lowest BCUT2D eigenvalue weighted by atomic mass is 10.0. The molecule has 0 bridgehead atoms. The molecule has 0 N–H and O–H groups in total. The van der Waals surface area contributed by atoms with Crippen molar-refractivity contribution >= 4 is 26.4 Å². The molecule has 0 spiro atoms. The highest BCUT2D eigenvalue weighted by atomic mass is 32.2. The van der Waals surface area contributed by atoms with E-state index in [1.807, 2.05) is 50.2 Å². The van der Waals surface area contributed by atoms with Gasteiger partial charge in [0.05, 0.1) is 23.8 Å². The van der Waals surface area contributed by atoms with Crippen molar-refractivity contribution in [2.75, 3.05) is 26.3 Å². The second-order valence-corrected chi connectivity index (χ2v) is 9.28. The highest BCUT2D eigenvalue weighted by molar-refractivity contribution is 7.89. The average Bonchev–Trinajstić information content (AvgIpc) is 3.15. The second kappa shape index (κ2) is 7.12. The summed E-state index contributed by atoms with van der Waals surface area (Å²) in [4.78, 5) is 0.299. The Morgan fingerprint density at radius 3 is 2.47 bits per heavy atom. The molecule has 1 aliphatic rings. The maximum Gasteiger partial charge on any atom is 0.243 e. The molecule has 0 amide bonds. The van der Waals surface area contributed by atoms with Crippen LogP contribution in [-0.4, -0.2) is 58.8 Å². The van der Waals surface area contributed by atoms with Gasteiger partial charge in [-0.1, -0.05) is 36.4 Å². The fourth-order valence-electron chi connectivity index (χ4n) is 3.85. The molecule has 8 nitrogen and oxygen atoms in total. The Kier molecular flexibility index (Phi) is 4.53. The lowest BCUT2D eigenvalue weighted by Crippen LogP contribution is -2.40.